The van der Waals surface area contributed by atoms with E-state index in [0.29, 0.717) is 5.82 Å². The molecule has 2 rings (SSSR count). The second kappa shape index (κ2) is 5.97. The molecule has 1 aliphatic rings. The molecule has 0 aliphatic carbocycles. The largest absolute Gasteiger partial charge is 0.382 e. The van der Waals surface area contributed by atoms with Gasteiger partial charge in [-0.15, -0.1) is 0 Å². The maximum absolute atomic E-state index is 5.66. The average molecular weight is 250 g/mol. The minimum Gasteiger partial charge on any atom is -0.382 e. The zero-order valence-electron chi connectivity index (χ0n) is 11.2. The Labute approximate surface area is 108 Å². The van der Waals surface area contributed by atoms with Crippen molar-refractivity contribution in [2.24, 2.45) is 0 Å². The summed E-state index contributed by atoms with van der Waals surface area (Å²) >= 11 is 0. The van der Waals surface area contributed by atoms with Crippen LogP contribution in [0.25, 0.3) is 0 Å². The van der Waals surface area contributed by atoms with Crippen LogP contribution in [0.1, 0.15) is 0 Å². The lowest BCUT2D eigenvalue weighted by atomic mass is 10.3. The first kappa shape index (κ1) is 13.0. The van der Waals surface area contributed by atoms with E-state index < -0.39 is 0 Å². The van der Waals surface area contributed by atoms with Crippen molar-refractivity contribution in [1.82, 2.24) is 19.8 Å². The number of rotatable bonds is 4. The van der Waals surface area contributed by atoms with Crippen molar-refractivity contribution in [3.63, 3.8) is 0 Å². The number of aromatic nitrogens is 2. The second-order valence-electron chi connectivity index (χ2n) is 4.93. The summed E-state index contributed by atoms with van der Waals surface area (Å²) in [6.45, 7) is 6.37. The third-order valence-electron chi connectivity index (χ3n) is 3.20. The quantitative estimate of drug-likeness (QED) is 0.794. The van der Waals surface area contributed by atoms with Crippen molar-refractivity contribution in [3.05, 3.63) is 12.4 Å². The predicted molar refractivity (Wildman–Crippen MR) is 73.7 cm³/mol. The lowest BCUT2D eigenvalue weighted by Crippen LogP contribution is -2.48. The predicted octanol–water partition coefficient (Wildman–Crippen LogP) is -0.258. The Bertz CT molecular complexity index is 373. The lowest BCUT2D eigenvalue weighted by Gasteiger charge is -2.35. The minimum atomic E-state index is 0.488. The zero-order chi connectivity index (χ0) is 13.0. The minimum absolute atomic E-state index is 0.488. The molecule has 2 N–H and O–H groups in total. The molecule has 1 fully saturated rings. The van der Waals surface area contributed by atoms with E-state index in [2.05, 4.69) is 38.8 Å². The van der Waals surface area contributed by atoms with E-state index in [0.717, 1.165) is 45.1 Å². The zero-order valence-corrected chi connectivity index (χ0v) is 11.2. The third kappa shape index (κ3) is 3.54. The van der Waals surface area contributed by atoms with Crippen molar-refractivity contribution >= 4 is 11.6 Å². The molecule has 0 atom stereocenters. The number of hydrogen-bond donors (Lipinski definition) is 1. The van der Waals surface area contributed by atoms with Crippen LogP contribution in [0.2, 0.25) is 0 Å². The first-order valence-electron chi connectivity index (χ1n) is 6.35. The molecule has 100 valence electrons. The summed E-state index contributed by atoms with van der Waals surface area (Å²) in [5.74, 6) is 1.38. The molecule has 0 spiro atoms. The van der Waals surface area contributed by atoms with E-state index in [4.69, 9.17) is 5.73 Å². The van der Waals surface area contributed by atoms with Gasteiger partial charge < -0.3 is 15.5 Å². The Morgan fingerprint density at radius 2 is 1.94 bits per heavy atom. The average Bonchev–Trinajstić information content (AvgIpc) is 2.37. The molecule has 6 nitrogen and oxygen atoms in total. The second-order valence-corrected chi connectivity index (χ2v) is 4.93. The van der Waals surface area contributed by atoms with Gasteiger partial charge in [-0.2, -0.15) is 0 Å². The molecule has 0 amide bonds. The molecule has 0 unspecified atom stereocenters. The van der Waals surface area contributed by atoms with Crippen LogP contribution < -0.4 is 10.6 Å². The summed E-state index contributed by atoms with van der Waals surface area (Å²) in [6, 6.07) is 0. The van der Waals surface area contributed by atoms with Gasteiger partial charge in [0, 0.05) is 39.3 Å². The molecule has 18 heavy (non-hydrogen) atoms. The molecule has 2 heterocycles. The fourth-order valence-corrected chi connectivity index (χ4v) is 2.06. The molecular weight excluding hydrogens is 228 g/mol. The van der Waals surface area contributed by atoms with Gasteiger partial charge in [0.1, 0.15) is 11.6 Å². The van der Waals surface area contributed by atoms with Crippen molar-refractivity contribution < 1.29 is 0 Å². The first-order valence-corrected chi connectivity index (χ1v) is 6.35. The Morgan fingerprint density at radius 3 is 2.56 bits per heavy atom. The van der Waals surface area contributed by atoms with Gasteiger partial charge >= 0.3 is 0 Å². The van der Waals surface area contributed by atoms with Gasteiger partial charge in [0.15, 0.2) is 0 Å². The standard InChI is InChI=1S/C12H22N6/c1-16(2)3-4-17-5-7-18(8-6-17)12-10-14-9-11(13)15-12/h9-10H,3-8H2,1-2H3,(H2,13,15). The van der Waals surface area contributed by atoms with E-state index in [9.17, 15) is 0 Å². The van der Waals surface area contributed by atoms with E-state index >= 15 is 0 Å². The van der Waals surface area contributed by atoms with Crippen molar-refractivity contribution in [3.8, 4) is 0 Å². The molecular formula is C12H22N6. The van der Waals surface area contributed by atoms with Crippen LogP contribution in [0.5, 0.6) is 0 Å². The van der Waals surface area contributed by atoms with Gasteiger partial charge in [0.2, 0.25) is 0 Å². The highest BCUT2D eigenvalue weighted by atomic mass is 15.3. The Balaban J connectivity index is 1.83. The van der Waals surface area contributed by atoms with Gasteiger partial charge in [-0.05, 0) is 14.1 Å². The number of piperazine rings is 1. The topological polar surface area (TPSA) is 61.5 Å². The van der Waals surface area contributed by atoms with Gasteiger partial charge in [-0.1, -0.05) is 0 Å². The third-order valence-corrected chi connectivity index (χ3v) is 3.20. The van der Waals surface area contributed by atoms with Crippen LogP contribution >= 0.6 is 0 Å². The number of anilines is 2. The number of nitrogens with two attached hydrogens (primary N) is 1. The van der Waals surface area contributed by atoms with Crippen molar-refractivity contribution in [1.29, 1.82) is 0 Å². The number of hydrogen-bond acceptors (Lipinski definition) is 6. The van der Waals surface area contributed by atoms with Gasteiger partial charge in [-0.25, -0.2) is 4.98 Å². The van der Waals surface area contributed by atoms with Crippen molar-refractivity contribution in [2.75, 3.05) is 64.0 Å². The number of nitrogen functional groups attached to an aromatic ring is 1. The highest BCUT2D eigenvalue weighted by Crippen LogP contribution is 2.13. The first-order chi connectivity index (χ1) is 8.65. The molecule has 0 saturated carbocycles. The van der Waals surface area contributed by atoms with Crippen LogP contribution in [-0.2, 0) is 0 Å². The maximum atomic E-state index is 5.66. The van der Waals surface area contributed by atoms with Gasteiger partial charge in [-0.3, -0.25) is 9.88 Å². The Morgan fingerprint density at radius 1 is 1.22 bits per heavy atom. The van der Waals surface area contributed by atoms with E-state index in [-0.39, 0.29) is 0 Å². The molecule has 1 saturated heterocycles. The van der Waals surface area contributed by atoms with E-state index in [1.807, 2.05) is 0 Å². The number of likely N-dealkylation sites (N-methyl/N-ethyl adjacent to an activating group) is 1. The fraction of sp³-hybridized carbons (Fsp3) is 0.667. The highest BCUT2D eigenvalue weighted by Gasteiger charge is 2.18. The Kier molecular flexibility index (Phi) is 4.33. The molecule has 0 aromatic carbocycles. The highest BCUT2D eigenvalue weighted by molar-refractivity contribution is 5.41. The van der Waals surface area contributed by atoms with Crippen molar-refractivity contribution in [2.45, 2.75) is 0 Å². The fourth-order valence-electron chi connectivity index (χ4n) is 2.06. The summed E-state index contributed by atoms with van der Waals surface area (Å²) in [7, 11) is 4.22. The number of nitrogens with zero attached hydrogens (tertiary/aromatic N) is 5. The molecule has 6 heteroatoms. The van der Waals surface area contributed by atoms with Crippen LogP contribution in [0.15, 0.2) is 12.4 Å². The van der Waals surface area contributed by atoms with Crippen LogP contribution in [0.4, 0.5) is 11.6 Å². The molecule has 0 radical (unpaired) electrons. The smallest absolute Gasteiger partial charge is 0.149 e. The van der Waals surface area contributed by atoms with Crippen LogP contribution in [-0.4, -0.2) is 73.1 Å². The molecule has 1 aromatic rings. The van der Waals surface area contributed by atoms with E-state index in [1.165, 1.54) is 0 Å². The summed E-state index contributed by atoms with van der Waals surface area (Å²) in [5.41, 5.74) is 5.66. The summed E-state index contributed by atoms with van der Waals surface area (Å²) < 4.78 is 0. The molecule has 1 aliphatic heterocycles. The normalized spacial score (nSPS) is 17.4. The summed E-state index contributed by atoms with van der Waals surface area (Å²) in [5, 5.41) is 0. The van der Waals surface area contributed by atoms with Crippen LogP contribution in [0, 0.1) is 0 Å². The molecule has 1 aromatic heterocycles. The monoisotopic (exact) mass is 250 g/mol. The summed E-state index contributed by atoms with van der Waals surface area (Å²) in [4.78, 5) is 15.3. The summed E-state index contributed by atoms with van der Waals surface area (Å²) in [6.07, 6.45) is 3.36. The SMILES string of the molecule is CN(C)CCN1CCN(c2cncc(N)n2)CC1. The lowest BCUT2D eigenvalue weighted by molar-refractivity contribution is 0.229. The van der Waals surface area contributed by atoms with E-state index in [1.54, 1.807) is 12.4 Å². The maximum Gasteiger partial charge on any atom is 0.149 e. The van der Waals surface area contributed by atoms with Gasteiger partial charge in [0.05, 0.1) is 12.4 Å². The van der Waals surface area contributed by atoms with Gasteiger partial charge in [0.25, 0.3) is 0 Å². The molecule has 0 bridgehead atoms. The Hall–Kier alpha value is -1.40. The van der Waals surface area contributed by atoms with Crippen LogP contribution in [0.3, 0.4) is 0 Å².